The Morgan fingerprint density at radius 3 is 2.75 bits per heavy atom. The fourth-order valence-corrected chi connectivity index (χ4v) is 2.31. The number of nitro benzene ring substituents is 1. The number of rotatable bonds is 3. The first kappa shape index (κ1) is 12.3. The average Bonchev–Trinajstić information content (AvgIpc) is 2.82. The van der Waals surface area contributed by atoms with E-state index in [0.29, 0.717) is 12.1 Å². The van der Waals surface area contributed by atoms with Gasteiger partial charge in [-0.15, -0.1) is 0 Å². The molecule has 0 saturated heterocycles. The third-order valence-corrected chi connectivity index (χ3v) is 3.19. The van der Waals surface area contributed by atoms with Crippen LogP contribution in [0.3, 0.4) is 0 Å². The fourth-order valence-electron chi connectivity index (χ4n) is 2.31. The van der Waals surface area contributed by atoms with Gasteiger partial charge in [-0.25, -0.2) is 4.39 Å². The highest BCUT2D eigenvalue weighted by molar-refractivity contribution is 5.80. The van der Waals surface area contributed by atoms with Crippen molar-refractivity contribution in [3.8, 4) is 0 Å². The SMILES string of the molecule is O=[N+]([O-])c1cc(F)cc(Cn2ccc3ccccc32)c1. The number of hydrogen-bond acceptors (Lipinski definition) is 2. The van der Waals surface area contributed by atoms with Crippen LogP contribution in [0, 0.1) is 15.9 Å². The topological polar surface area (TPSA) is 48.1 Å². The molecule has 0 amide bonds. The van der Waals surface area contributed by atoms with Crippen LogP contribution < -0.4 is 0 Å². The summed E-state index contributed by atoms with van der Waals surface area (Å²) in [5, 5.41) is 11.8. The first-order chi connectivity index (χ1) is 9.63. The third kappa shape index (κ3) is 2.25. The van der Waals surface area contributed by atoms with Crippen molar-refractivity contribution in [3.05, 3.63) is 76.2 Å². The Morgan fingerprint density at radius 1 is 1.15 bits per heavy atom. The largest absolute Gasteiger partial charge is 0.343 e. The van der Waals surface area contributed by atoms with Gasteiger partial charge in [0.2, 0.25) is 0 Å². The maximum absolute atomic E-state index is 13.4. The molecule has 5 heteroatoms. The molecule has 1 heterocycles. The Balaban J connectivity index is 2.00. The van der Waals surface area contributed by atoms with E-state index in [2.05, 4.69) is 0 Å². The van der Waals surface area contributed by atoms with Crippen LogP contribution in [-0.4, -0.2) is 9.49 Å². The van der Waals surface area contributed by atoms with Gasteiger partial charge >= 0.3 is 0 Å². The smallest absolute Gasteiger partial charge is 0.272 e. The normalized spacial score (nSPS) is 10.8. The van der Waals surface area contributed by atoms with Gasteiger partial charge in [-0.05, 0) is 29.1 Å². The van der Waals surface area contributed by atoms with Crippen molar-refractivity contribution >= 4 is 16.6 Å². The lowest BCUT2D eigenvalue weighted by Gasteiger charge is -2.06. The van der Waals surface area contributed by atoms with Crippen LogP contribution in [0.25, 0.3) is 10.9 Å². The molecule has 0 unspecified atom stereocenters. The molecule has 3 rings (SSSR count). The lowest BCUT2D eigenvalue weighted by molar-refractivity contribution is -0.385. The van der Waals surface area contributed by atoms with E-state index in [9.17, 15) is 14.5 Å². The van der Waals surface area contributed by atoms with E-state index in [0.717, 1.165) is 17.0 Å². The van der Waals surface area contributed by atoms with Crippen molar-refractivity contribution in [2.75, 3.05) is 0 Å². The number of nitrogens with zero attached hydrogens (tertiary/aromatic N) is 2. The van der Waals surface area contributed by atoms with Crippen LogP contribution in [-0.2, 0) is 6.54 Å². The summed E-state index contributed by atoms with van der Waals surface area (Å²) in [6.07, 6.45) is 1.89. The van der Waals surface area contributed by atoms with Crippen molar-refractivity contribution in [1.82, 2.24) is 4.57 Å². The number of nitro groups is 1. The molecule has 1 aromatic heterocycles. The highest BCUT2D eigenvalue weighted by Crippen LogP contribution is 2.20. The summed E-state index contributed by atoms with van der Waals surface area (Å²) in [7, 11) is 0. The molecule has 100 valence electrons. The lowest BCUT2D eigenvalue weighted by atomic mass is 10.2. The lowest BCUT2D eigenvalue weighted by Crippen LogP contribution is -2.00. The van der Waals surface area contributed by atoms with Crippen LogP contribution in [0.2, 0.25) is 0 Å². The highest BCUT2D eigenvalue weighted by atomic mass is 19.1. The molecular weight excluding hydrogens is 259 g/mol. The second kappa shape index (κ2) is 4.77. The van der Waals surface area contributed by atoms with E-state index >= 15 is 0 Å². The van der Waals surface area contributed by atoms with Gasteiger partial charge in [-0.1, -0.05) is 18.2 Å². The first-order valence-electron chi connectivity index (χ1n) is 6.11. The molecule has 0 bridgehead atoms. The molecule has 0 aliphatic heterocycles. The summed E-state index contributed by atoms with van der Waals surface area (Å²) in [5.41, 5.74) is 1.36. The number of hydrogen-bond donors (Lipinski definition) is 0. The van der Waals surface area contributed by atoms with Crippen LogP contribution in [0.5, 0.6) is 0 Å². The maximum atomic E-state index is 13.4. The molecule has 0 aliphatic rings. The molecule has 0 atom stereocenters. The van der Waals surface area contributed by atoms with E-state index in [-0.39, 0.29) is 5.69 Å². The highest BCUT2D eigenvalue weighted by Gasteiger charge is 2.10. The molecule has 0 N–H and O–H groups in total. The molecule has 0 saturated carbocycles. The van der Waals surface area contributed by atoms with Gasteiger partial charge in [-0.3, -0.25) is 10.1 Å². The first-order valence-corrected chi connectivity index (χ1v) is 6.11. The van der Waals surface area contributed by atoms with Crippen LogP contribution in [0.15, 0.2) is 54.7 Å². The van der Waals surface area contributed by atoms with Crippen molar-refractivity contribution in [3.63, 3.8) is 0 Å². The van der Waals surface area contributed by atoms with Gasteiger partial charge in [0, 0.05) is 24.3 Å². The quantitative estimate of drug-likeness (QED) is 0.537. The van der Waals surface area contributed by atoms with Gasteiger partial charge in [0.05, 0.1) is 11.0 Å². The molecule has 0 aliphatic carbocycles. The number of para-hydroxylation sites is 1. The maximum Gasteiger partial charge on any atom is 0.272 e. The summed E-state index contributed by atoms with van der Waals surface area (Å²) in [4.78, 5) is 10.2. The predicted molar refractivity (Wildman–Crippen MR) is 74.1 cm³/mol. The summed E-state index contributed by atoms with van der Waals surface area (Å²) in [6.45, 7) is 0.395. The fraction of sp³-hybridized carbons (Fsp3) is 0.0667. The Morgan fingerprint density at radius 2 is 1.95 bits per heavy atom. The third-order valence-electron chi connectivity index (χ3n) is 3.19. The van der Waals surface area contributed by atoms with E-state index in [1.165, 1.54) is 12.1 Å². The van der Waals surface area contributed by atoms with E-state index in [1.807, 2.05) is 41.1 Å². The van der Waals surface area contributed by atoms with Crippen molar-refractivity contribution in [2.45, 2.75) is 6.54 Å². The number of benzene rings is 2. The number of non-ortho nitro benzene ring substituents is 1. The Labute approximate surface area is 114 Å². The van der Waals surface area contributed by atoms with Gasteiger partial charge in [-0.2, -0.15) is 0 Å². The Bertz CT molecular complexity index is 795. The second-order valence-corrected chi connectivity index (χ2v) is 4.58. The minimum absolute atomic E-state index is 0.225. The molecule has 3 aromatic rings. The summed E-state index contributed by atoms with van der Waals surface area (Å²) >= 11 is 0. The molecule has 20 heavy (non-hydrogen) atoms. The van der Waals surface area contributed by atoms with Gasteiger partial charge in [0.1, 0.15) is 5.82 Å². The summed E-state index contributed by atoms with van der Waals surface area (Å²) in [6, 6.07) is 13.4. The summed E-state index contributed by atoms with van der Waals surface area (Å²) in [5.74, 6) is -0.592. The van der Waals surface area contributed by atoms with Crippen LogP contribution in [0.4, 0.5) is 10.1 Å². The number of fused-ring (bicyclic) bond motifs is 1. The zero-order chi connectivity index (χ0) is 14.1. The van der Waals surface area contributed by atoms with Crippen molar-refractivity contribution in [1.29, 1.82) is 0 Å². The number of halogens is 1. The standard InChI is InChI=1S/C15H11FN2O2/c16-13-7-11(8-14(9-13)18(19)20)10-17-6-5-12-3-1-2-4-15(12)17/h1-9H,10H2. The average molecular weight is 270 g/mol. The molecule has 2 aromatic carbocycles. The van der Waals surface area contributed by atoms with Gasteiger partial charge < -0.3 is 4.57 Å². The van der Waals surface area contributed by atoms with Crippen LogP contribution >= 0.6 is 0 Å². The molecule has 0 radical (unpaired) electrons. The van der Waals surface area contributed by atoms with Gasteiger partial charge in [0.25, 0.3) is 5.69 Å². The van der Waals surface area contributed by atoms with E-state index in [4.69, 9.17) is 0 Å². The van der Waals surface area contributed by atoms with E-state index in [1.54, 1.807) is 0 Å². The predicted octanol–water partition coefficient (Wildman–Crippen LogP) is 3.74. The van der Waals surface area contributed by atoms with Crippen molar-refractivity contribution < 1.29 is 9.31 Å². The van der Waals surface area contributed by atoms with Crippen molar-refractivity contribution in [2.24, 2.45) is 0 Å². The molecule has 0 fully saturated rings. The Kier molecular flexibility index (Phi) is 2.95. The minimum Gasteiger partial charge on any atom is -0.343 e. The zero-order valence-electron chi connectivity index (χ0n) is 10.5. The second-order valence-electron chi connectivity index (χ2n) is 4.58. The molecule has 0 spiro atoms. The molecule has 4 nitrogen and oxygen atoms in total. The summed E-state index contributed by atoms with van der Waals surface area (Å²) < 4.78 is 15.4. The zero-order valence-corrected chi connectivity index (χ0v) is 10.5. The van der Waals surface area contributed by atoms with Gasteiger partial charge in [0.15, 0.2) is 0 Å². The minimum atomic E-state index is -0.592. The number of aromatic nitrogens is 1. The van der Waals surface area contributed by atoms with E-state index < -0.39 is 10.7 Å². The van der Waals surface area contributed by atoms with Crippen LogP contribution in [0.1, 0.15) is 5.56 Å². The monoisotopic (exact) mass is 270 g/mol. The molecular formula is C15H11FN2O2. The Hall–Kier alpha value is -2.69.